The Bertz CT molecular complexity index is 704. The molecule has 0 spiro atoms. The first kappa shape index (κ1) is 19.5. The molecule has 1 aromatic rings. The van der Waals surface area contributed by atoms with Gasteiger partial charge in [-0.2, -0.15) is 0 Å². The van der Waals surface area contributed by atoms with Crippen molar-refractivity contribution >= 4 is 28.3 Å². The number of aliphatic hydroxyl groups is 1. The Hall–Kier alpha value is -2.52. The second-order valence-electron chi connectivity index (χ2n) is 5.36. The van der Waals surface area contributed by atoms with Gasteiger partial charge in [0.15, 0.2) is 0 Å². The molecular weight excluding hydrogens is 338 g/mol. The molecule has 2 unspecified atom stereocenters. The van der Waals surface area contributed by atoms with Crippen molar-refractivity contribution in [3.8, 4) is 0 Å². The highest BCUT2D eigenvalue weighted by atomic mass is 32.1. The molecule has 3 N–H and O–H groups in total. The summed E-state index contributed by atoms with van der Waals surface area (Å²) in [6.07, 6.45) is 3.82. The zero-order valence-electron chi connectivity index (χ0n) is 13.0. The van der Waals surface area contributed by atoms with E-state index in [-0.39, 0.29) is 17.0 Å². The average Bonchev–Trinajstić information content (AvgIpc) is 2.98. The highest BCUT2D eigenvalue weighted by Gasteiger charge is 2.34. The fourth-order valence-corrected chi connectivity index (χ4v) is 2.61. The number of allylic oxidation sites excluding steroid dienone is 2. The highest BCUT2D eigenvalue weighted by Crippen LogP contribution is 2.31. The first-order valence-electron chi connectivity index (χ1n) is 6.84. The summed E-state index contributed by atoms with van der Waals surface area (Å²) in [6.45, 7) is 3.08. The van der Waals surface area contributed by atoms with Crippen LogP contribution in [-0.2, 0) is 9.59 Å². The van der Waals surface area contributed by atoms with E-state index in [0.717, 1.165) is 11.3 Å². The van der Waals surface area contributed by atoms with Crippen molar-refractivity contribution in [2.24, 2.45) is 5.41 Å². The molecule has 0 saturated heterocycles. The second kappa shape index (κ2) is 7.84. The Morgan fingerprint density at radius 3 is 2.38 bits per heavy atom. The van der Waals surface area contributed by atoms with Gasteiger partial charge in [-0.25, -0.2) is 4.79 Å². The van der Waals surface area contributed by atoms with Crippen LogP contribution in [0.5, 0.6) is 0 Å². The Kier molecular flexibility index (Phi) is 6.38. The summed E-state index contributed by atoms with van der Waals surface area (Å²) in [5.74, 6) is -2.06. The average molecular weight is 355 g/mol. The molecule has 0 fully saturated rings. The number of aliphatic carboxylic acids is 2. The molecule has 1 aliphatic rings. The molecule has 0 saturated carbocycles. The SMILES string of the molecule is CC(O)c1ccc([N+](=O)[O-])s1.CC1(C(=O)O)C=CC=C(C(=O)O)C1. The smallest absolute Gasteiger partial charge is 0.331 e. The van der Waals surface area contributed by atoms with E-state index in [0.29, 0.717) is 4.88 Å². The van der Waals surface area contributed by atoms with Gasteiger partial charge >= 0.3 is 16.9 Å². The van der Waals surface area contributed by atoms with E-state index in [1.807, 2.05) is 0 Å². The van der Waals surface area contributed by atoms with Crippen LogP contribution >= 0.6 is 11.3 Å². The quantitative estimate of drug-likeness (QED) is 0.557. The summed E-state index contributed by atoms with van der Waals surface area (Å²) in [5, 5.41) is 36.7. The first-order chi connectivity index (χ1) is 11.1. The minimum atomic E-state index is -1.08. The number of carboxylic acid groups (broad SMARTS) is 2. The van der Waals surface area contributed by atoms with Gasteiger partial charge in [-0.15, -0.1) is 0 Å². The molecule has 1 aliphatic carbocycles. The molecule has 8 nitrogen and oxygen atoms in total. The summed E-state index contributed by atoms with van der Waals surface area (Å²) in [6, 6.07) is 2.96. The number of nitro groups is 1. The van der Waals surface area contributed by atoms with E-state index in [4.69, 9.17) is 15.3 Å². The lowest BCUT2D eigenvalue weighted by atomic mass is 9.80. The van der Waals surface area contributed by atoms with E-state index in [1.165, 1.54) is 31.2 Å². The molecule has 9 heteroatoms. The summed E-state index contributed by atoms with van der Waals surface area (Å²) in [4.78, 5) is 31.7. The largest absolute Gasteiger partial charge is 0.481 e. The third kappa shape index (κ3) is 5.00. The minimum absolute atomic E-state index is 0.0359. The number of thiophene rings is 1. The Labute approximate surface area is 141 Å². The lowest BCUT2D eigenvalue weighted by molar-refractivity contribution is -0.380. The molecular formula is C15H17NO7S. The molecule has 24 heavy (non-hydrogen) atoms. The van der Waals surface area contributed by atoms with E-state index < -0.39 is 28.4 Å². The van der Waals surface area contributed by atoms with Crippen LogP contribution in [0.2, 0.25) is 0 Å². The van der Waals surface area contributed by atoms with Crippen LogP contribution in [0.15, 0.2) is 35.9 Å². The lowest BCUT2D eigenvalue weighted by Gasteiger charge is -2.23. The molecule has 0 radical (unpaired) electrons. The fraction of sp³-hybridized carbons (Fsp3) is 0.333. The number of hydrogen-bond donors (Lipinski definition) is 3. The maximum Gasteiger partial charge on any atom is 0.331 e. The number of rotatable bonds is 4. The minimum Gasteiger partial charge on any atom is -0.481 e. The van der Waals surface area contributed by atoms with Gasteiger partial charge in [0, 0.05) is 16.5 Å². The molecule has 130 valence electrons. The van der Waals surface area contributed by atoms with Crippen molar-refractivity contribution in [2.75, 3.05) is 0 Å². The van der Waals surface area contributed by atoms with Crippen LogP contribution in [0, 0.1) is 15.5 Å². The van der Waals surface area contributed by atoms with Gasteiger partial charge in [-0.05, 0) is 26.3 Å². The van der Waals surface area contributed by atoms with Gasteiger partial charge < -0.3 is 15.3 Å². The molecule has 2 rings (SSSR count). The normalized spacial score (nSPS) is 20.4. The van der Waals surface area contributed by atoms with Crippen molar-refractivity contribution in [1.82, 2.24) is 0 Å². The van der Waals surface area contributed by atoms with Crippen molar-refractivity contribution in [3.63, 3.8) is 0 Å². The molecule has 1 heterocycles. The van der Waals surface area contributed by atoms with Crippen LogP contribution in [0.25, 0.3) is 0 Å². The first-order valence-corrected chi connectivity index (χ1v) is 7.65. The Balaban J connectivity index is 0.000000243. The van der Waals surface area contributed by atoms with Crippen molar-refractivity contribution in [1.29, 1.82) is 0 Å². The van der Waals surface area contributed by atoms with Crippen molar-refractivity contribution < 1.29 is 29.8 Å². The van der Waals surface area contributed by atoms with E-state index in [9.17, 15) is 19.7 Å². The zero-order chi connectivity index (χ0) is 18.5. The molecule has 1 aromatic heterocycles. The van der Waals surface area contributed by atoms with Crippen LogP contribution in [0.4, 0.5) is 5.00 Å². The predicted molar refractivity (Wildman–Crippen MR) is 86.8 cm³/mol. The maximum absolute atomic E-state index is 10.8. The summed E-state index contributed by atoms with van der Waals surface area (Å²) >= 11 is 1.000. The van der Waals surface area contributed by atoms with E-state index in [1.54, 1.807) is 13.0 Å². The highest BCUT2D eigenvalue weighted by molar-refractivity contribution is 7.15. The van der Waals surface area contributed by atoms with E-state index in [2.05, 4.69) is 0 Å². The number of aliphatic hydroxyl groups excluding tert-OH is 1. The van der Waals surface area contributed by atoms with Gasteiger partial charge in [0.1, 0.15) is 0 Å². The van der Waals surface area contributed by atoms with Crippen LogP contribution in [-0.4, -0.2) is 32.2 Å². The van der Waals surface area contributed by atoms with Crippen LogP contribution < -0.4 is 0 Å². The number of carboxylic acids is 2. The number of nitrogens with zero attached hydrogens (tertiary/aromatic N) is 1. The van der Waals surface area contributed by atoms with Gasteiger partial charge in [0.05, 0.1) is 16.4 Å². The summed E-state index contributed by atoms with van der Waals surface area (Å²) < 4.78 is 0. The second-order valence-corrected chi connectivity index (χ2v) is 6.46. The molecule has 0 bridgehead atoms. The third-order valence-electron chi connectivity index (χ3n) is 3.29. The maximum atomic E-state index is 10.8. The van der Waals surface area contributed by atoms with E-state index >= 15 is 0 Å². The van der Waals surface area contributed by atoms with Gasteiger partial charge in [0.2, 0.25) is 0 Å². The van der Waals surface area contributed by atoms with Crippen molar-refractivity contribution in [2.45, 2.75) is 26.4 Å². The Morgan fingerprint density at radius 2 is 2.00 bits per heavy atom. The fourth-order valence-electron chi connectivity index (χ4n) is 1.85. The monoisotopic (exact) mass is 355 g/mol. The third-order valence-corrected chi connectivity index (χ3v) is 4.49. The Morgan fingerprint density at radius 1 is 1.38 bits per heavy atom. The zero-order valence-corrected chi connectivity index (χ0v) is 13.8. The molecule has 0 amide bonds. The van der Waals surface area contributed by atoms with Gasteiger partial charge in [-0.3, -0.25) is 14.9 Å². The lowest BCUT2D eigenvalue weighted by Crippen LogP contribution is -2.28. The summed E-state index contributed by atoms with van der Waals surface area (Å²) in [5.41, 5.74) is -0.949. The van der Waals surface area contributed by atoms with Crippen LogP contribution in [0.3, 0.4) is 0 Å². The van der Waals surface area contributed by atoms with Crippen LogP contribution in [0.1, 0.15) is 31.2 Å². The molecule has 2 atom stereocenters. The molecule has 0 aliphatic heterocycles. The number of carbonyl (C=O) groups is 2. The van der Waals surface area contributed by atoms with Gasteiger partial charge in [-0.1, -0.05) is 29.6 Å². The van der Waals surface area contributed by atoms with Crippen molar-refractivity contribution in [3.05, 3.63) is 50.9 Å². The number of hydrogen-bond acceptors (Lipinski definition) is 6. The summed E-state index contributed by atoms with van der Waals surface area (Å²) in [7, 11) is 0. The standard InChI is InChI=1S/C9H10O4.C6H7NO3S/c1-9(8(12)13)4-2-3-6(5-9)7(10)11;1-4(8)5-2-3-6(11-5)7(9)10/h2-4H,5H2,1H3,(H,10,11)(H,12,13);2-4,8H,1H3. The topological polar surface area (TPSA) is 138 Å². The molecule has 0 aromatic carbocycles. The predicted octanol–water partition coefficient (Wildman–Crippen LogP) is 2.76. The van der Waals surface area contributed by atoms with Gasteiger partial charge in [0.25, 0.3) is 0 Å².